The molecule has 18 heavy (non-hydrogen) atoms. The smallest absolute Gasteiger partial charge is 0.220 e. The number of rotatable bonds is 3. The van der Waals surface area contributed by atoms with Crippen molar-refractivity contribution in [3.8, 4) is 0 Å². The van der Waals surface area contributed by atoms with Gasteiger partial charge in [0.15, 0.2) is 0 Å². The summed E-state index contributed by atoms with van der Waals surface area (Å²) < 4.78 is 0. The van der Waals surface area contributed by atoms with Crippen molar-refractivity contribution in [1.29, 1.82) is 0 Å². The molecule has 1 aromatic rings. The van der Waals surface area contributed by atoms with Crippen LogP contribution in [0.15, 0.2) is 12.1 Å². The highest BCUT2D eigenvalue weighted by Gasteiger charge is 2.24. The Kier molecular flexibility index (Phi) is 3.81. The van der Waals surface area contributed by atoms with E-state index in [1.165, 1.54) is 0 Å². The van der Waals surface area contributed by atoms with Crippen LogP contribution in [-0.4, -0.2) is 24.0 Å². The van der Waals surface area contributed by atoms with E-state index in [2.05, 4.69) is 9.88 Å². The Morgan fingerprint density at radius 2 is 2.11 bits per heavy atom. The number of amides is 1. The maximum absolute atomic E-state index is 11.1. The molecule has 1 aromatic heterocycles. The molecule has 0 atom stereocenters. The summed E-state index contributed by atoms with van der Waals surface area (Å²) in [6, 6.07) is 4.00. The highest BCUT2D eigenvalue weighted by atomic mass is 16.1. The molecule has 4 N–H and O–H groups in total. The first kappa shape index (κ1) is 12.8. The van der Waals surface area contributed by atoms with Gasteiger partial charge in [0.2, 0.25) is 5.91 Å². The number of hydrogen-bond donors (Lipinski definition) is 2. The van der Waals surface area contributed by atoms with Crippen LogP contribution in [-0.2, 0) is 11.3 Å². The molecule has 0 bridgehead atoms. The number of aryl methyl sites for hydroxylation is 1. The second-order valence-corrected chi connectivity index (χ2v) is 4.80. The fourth-order valence-electron chi connectivity index (χ4n) is 2.38. The van der Waals surface area contributed by atoms with Crippen LogP contribution in [0.1, 0.15) is 24.1 Å². The second kappa shape index (κ2) is 5.35. The van der Waals surface area contributed by atoms with Crippen LogP contribution in [0.4, 0.5) is 5.82 Å². The fourth-order valence-corrected chi connectivity index (χ4v) is 2.38. The van der Waals surface area contributed by atoms with Gasteiger partial charge in [-0.25, -0.2) is 4.98 Å². The van der Waals surface area contributed by atoms with Gasteiger partial charge in [0, 0.05) is 36.8 Å². The van der Waals surface area contributed by atoms with Crippen LogP contribution in [0, 0.1) is 12.8 Å². The number of aromatic nitrogens is 1. The fraction of sp³-hybridized carbons (Fsp3) is 0.538. The molecule has 1 aliphatic rings. The van der Waals surface area contributed by atoms with Crippen molar-refractivity contribution in [2.45, 2.75) is 26.3 Å². The van der Waals surface area contributed by atoms with Crippen molar-refractivity contribution in [3.63, 3.8) is 0 Å². The number of carbonyl (C=O) groups is 1. The van der Waals surface area contributed by atoms with Gasteiger partial charge in [-0.3, -0.25) is 4.79 Å². The standard InChI is InChI=1S/C13H20N4O/c1-9-2-3-11(8-14)13(16-9)17-6-4-10(5-7-17)12(15)18/h2-3,10H,4-8,14H2,1H3,(H2,15,18). The van der Waals surface area contributed by atoms with Crippen LogP contribution in [0.5, 0.6) is 0 Å². The number of pyridine rings is 1. The van der Waals surface area contributed by atoms with E-state index in [1.807, 2.05) is 19.1 Å². The summed E-state index contributed by atoms with van der Waals surface area (Å²) in [6.07, 6.45) is 1.60. The Morgan fingerprint density at radius 1 is 1.44 bits per heavy atom. The number of anilines is 1. The molecular weight excluding hydrogens is 228 g/mol. The lowest BCUT2D eigenvalue weighted by molar-refractivity contribution is -0.122. The van der Waals surface area contributed by atoms with Gasteiger partial charge in [-0.1, -0.05) is 6.07 Å². The van der Waals surface area contributed by atoms with Crippen molar-refractivity contribution >= 4 is 11.7 Å². The summed E-state index contributed by atoms with van der Waals surface area (Å²) in [4.78, 5) is 17.9. The van der Waals surface area contributed by atoms with Gasteiger partial charge in [-0.15, -0.1) is 0 Å². The number of carbonyl (C=O) groups excluding carboxylic acids is 1. The number of nitrogens with zero attached hydrogens (tertiary/aromatic N) is 2. The predicted octanol–water partition coefficient (Wildman–Crippen LogP) is 0.550. The molecule has 0 saturated carbocycles. The molecule has 1 fully saturated rings. The molecule has 98 valence electrons. The molecule has 1 saturated heterocycles. The van der Waals surface area contributed by atoms with Gasteiger partial charge >= 0.3 is 0 Å². The third kappa shape index (κ3) is 2.61. The second-order valence-electron chi connectivity index (χ2n) is 4.80. The minimum atomic E-state index is -0.189. The molecule has 0 aromatic carbocycles. The van der Waals surface area contributed by atoms with Gasteiger partial charge in [0.25, 0.3) is 0 Å². The molecule has 1 amide bonds. The highest BCUT2D eigenvalue weighted by molar-refractivity contribution is 5.77. The van der Waals surface area contributed by atoms with Crippen LogP contribution in [0.25, 0.3) is 0 Å². The molecule has 5 nitrogen and oxygen atoms in total. The van der Waals surface area contributed by atoms with Crippen molar-refractivity contribution in [1.82, 2.24) is 4.98 Å². The number of piperidine rings is 1. The topological polar surface area (TPSA) is 85.2 Å². The Bertz CT molecular complexity index is 439. The van der Waals surface area contributed by atoms with E-state index in [0.29, 0.717) is 6.54 Å². The lowest BCUT2D eigenvalue weighted by atomic mass is 9.96. The first-order chi connectivity index (χ1) is 8.61. The third-order valence-corrected chi connectivity index (χ3v) is 3.51. The average molecular weight is 248 g/mol. The van der Waals surface area contributed by atoms with Crippen molar-refractivity contribution in [2.24, 2.45) is 17.4 Å². The largest absolute Gasteiger partial charge is 0.369 e. The normalized spacial score (nSPS) is 16.9. The van der Waals surface area contributed by atoms with Crippen LogP contribution in [0.3, 0.4) is 0 Å². The van der Waals surface area contributed by atoms with E-state index < -0.39 is 0 Å². The van der Waals surface area contributed by atoms with E-state index in [1.54, 1.807) is 0 Å². The molecule has 0 spiro atoms. The van der Waals surface area contributed by atoms with Gasteiger partial charge in [0.1, 0.15) is 5.82 Å². The van der Waals surface area contributed by atoms with E-state index in [4.69, 9.17) is 11.5 Å². The molecule has 1 aliphatic heterocycles. The quantitative estimate of drug-likeness (QED) is 0.818. The predicted molar refractivity (Wildman–Crippen MR) is 71.0 cm³/mol. The Morgan fingerprint density at radius 3 is 2.67 bits per heavy atom. The zero-order chi connectivity index (χ0) is 13.1. The number of nitrogens with two attached hydrogens (primary N) is 2. The zero-order valence-electron chi connectivity index (χ0n) is 10.7. The molecule has 0 unspecified atom stereocenters. The van der Waals surface area contributed by atoms with Gasteiger partial charge in [0.05, 0.1) is 0 Å². The molecule has 2 rings (SSSR count). The highest BCUT2D eigenvalue weighted by Crippen LogP contribution is 2.24. The van der Waals surface area contributed by atoms with E-state index in [-0.39, 0.29) is 11.8 Å². The Balaban J connectivity index is 2.14. The number of primary amides is 1. The van der Waals surface area contributed by atoms with E-state index >= 15 is 0 Å². The zero-order valence-corrected chi connectivity index (χ0v) is 10.7. The van der Waals surface area contributed by atoms with Crippen LogP contribution < -0.4 is 16.4 Å². The Hall–Kier alpha value is -1.62. The monoisotopic (exact) mass is 248 g/mol. The maximum Gasteiger partial charge on any atom is 0.220 e. The van der Waals surface area contributed by atoms with Crippen LogP contribution >= 0.6 is 0 Å². The summed E-state index contributed by atoms with van der Waals surface area (Å²) in [6.45, 7) is 4.09. The SMILES string of the molecule is Cc1ccc(CN)c(N2CCC(C(N)=O)CC2)n1. The average Bonchev–Trinajstić information content (AvgIpc) is 2.39. The molecule has 0 radical (unpaired) electrons. The summed E-state index contributed by atoms with van der Waals surface area (Å²) in [5.74, 6) is 0.777. The summed E-state index contributed by atoms with van der Waals surface area (Å²) >= 11 is 0. The molecule has 0 aliphatic carbocycles. The van der Waals surface area contributed by atoms with Gasteiger partial charge in [-0.05, 0) is 25.8 Å². The van der Waals surface area contributed by atoms with E-state index in [9.17, 15) is 4.79 Å². The molecule has 2 heterocycles. The minimum absolute atomic E-state index is 0.00684. The van der Waals surface area contributed by atoms with Crippen molar-refractivity contribution in [2.75, 3.05) is 18.0 Å². The summed E-state index contributed by atoms with van der Waals surface area (Å²) in [5, 5.41) is 0. The van der Waals surface area contributed by atoms with Crippen molar-refractivity contribution in [3.05, 3.63) is 23.4 Å². The molecular formula is C13H20N4O. The maximum atomic E-state index is 11.1. The Labute approximate surface area is 107 Å². The first-order valence-electron chi connectivity index (χ1n) is 6.32. The minimum Gasteiger partial charge on any atom is -0.369 e. The summed E-state index contributed by atoms with van der Waals surface area (Å²) in [5.41, 5.74) is 13.1. The van der Waals surface area contributed by atoms with E-state index in [0.717, 1.165) is 43.0 Å². The van der Waals surface area contributed by atoms with Gasteiger partial charge in [-0.2, -0.15) is 0 Å². The first-order valence-corrected chi connectivity index (χ1v) is 6.32. The third-order valence-electron chi connectivity index (χ3n) is 3.51. The number of hydrogen-bond acceptors (Lipinski definition) is 4. The lowest BCUT2D eigenvalue weighted by Crippen LogP contribution is -2.39. The lowest BCUT2D eigenvalue weighted by Gasteiger charge is -2.32. The van der Waals surface area contributed by atoms with Crippen molar-refractivity contribution < 1.29 is 4.79 Å². The van der Waals surface area contributed by atoms with Crippen LogP contribution in [0.2, 0.25) is 0 Å². The summed E-state index contributed by atoms with van der Waals surface area (Å²) in [7, 11) is 0. The van der Waals surface area contributed by atoms with Gasteiger partial charge < -0.3 is 16.4 Å². The molecule has 5 heteroatoms.